The van der Waals surface area contributed by atoms with Crippen molar-refractivity contribution in [2.45, 2.75) is 45.2 Å². The lowest BCUT2D eigenvalue weighted by Crippen LogP contribution is -2.44. The van der Waals surface area contributed by atoms with E-state index in [2.05, 4.69) is 38.8 Å². The minimum absolute atomic E-state index is 0.641. The average Bonchev–Trinajstić information content (AvgIpc) is 2.45. The zero-order valence-electron chi connectivity index (χ0n) is 11.7. The first kappa shape index (κ1) is 14.9. The number of pyridine rings is 1. The lowest BCUT2D eigenvalue weighted by molar-refractivity contribution is 0.105. The van der Waals surface area contributed by atoms with Crippen LogP contribution in [0, 0.1) is 5.92 Å². The van der Waals surface area contributed by atoms with E-state index in [4.69, 9.17) is 5.73 Å². The van der Waals surface area contributed by atoms with E-state index in [0.29, 0.717) is 12.0 Å². The maximum absolute atomic E-state index is 5.96. The van der Waals surface area contributed by atoms with Crippen LogP contribution in [0.1, 0.15) is 38.2 Å². The fourth-order valence-electron chi connectivity index (χ4n) is 3.18. The highest BCUT2D eigenvalue weighted by atomic mass is 79.9. The molecule has 1 fully saturated rings. The Bertz CT molecular complexity index is 397. The van der Waals surface area contributed by atoms with Gasteiger partial charge in [-0.25, -0.2) is 0 Å². The van der Waals surface area contributed by atoms with Gasteiger partial charge in [0.25, 0.3) is 0 Å². The van der Waals surface area contributed by atoms with E-state index in [-0.39, 0.29) is 0 Å². The largest absolute Gasteiger partial charge is 0.330 e. The first-order valence-corrected chi connectivity index (χ1v) is 8.07. The topological polar surface area (TPSA) is 42.2 Å². The SMILES string of the molecule is CCN(Cc1cncc(Br)c1)C1CCCCC1CN. The van der Waals surface area contributed by atoms with Gasteiger partial charge in [-0.15, -0.1) is 0 Å². The number of hydrogen-bond acceptors (Lipinski definition) is 3. The summed E-state index contributed by atoms with van der Waals surface area (Å²) in [7, 11) is 0. The van der Waals surface area contributed by atoms with Gasteiger partial charge in [0, 0.05) is 29.5 Å². The summed E-state index contributed by atoms with van der Waals surface area (Å²) in [5.74, 6) is 0.661. The molecule has 2 atom stereocenters. The smallest absolute Gasteiger partial charge is 0.0410 e. The second-order valence-electron chi connectivity index (χ2n) is 5.42. The molecule has 1 aromatic heterocycles. The van der Waals surface area contributed by atoms with E-state index in [1.54, 1.807) is 0 Å². The lowest BCUT2D eigenvalue weighted by atomic mass is 9.83. The number of hydrogen-bond donors (Lipinski definition) is 1. The van der Waals surface area contributed by atoms with Crippen molar-refractivity contribution < 1.29 is 0 Å². The van der Waals surface area contributed by atoms with Crippen LogP contribution in [0.5, 0.6) is 0 Å². The Hall–Kier alpha value is -0.450. The summed E-state index contributed by atoms with van der Waals surface area (Å²) < 4.78 is 1.06. The van der Waals surface area contributed by atoms with Gasteiger partial charge in [0.15, 0.2) is 0 Å². The zero-order valence-corrected chi connectivity index (χ0v) is 13.3. The Balaban J connectivity index is 2.06. The average molecular weight is 326 g/mol. The summed E-state index contributed by atoms with van der Waals surface area (Å²) in [6.07, 6.45) is 9.06. The summed E-state index contributed by atoms with van der Waals surface area (Å²) in [6, 6.07) is 2.80. The third kappa shape index (κ3) is 4.01. The first-order valence-electron chi connectivity index (χ1n) is 7.28. The van der Waals surface area contributed by atoms with Crippen LogP contribution in [0.15, 0.2) is 22.9 Å². The van der Waals surface area contributed by atoms with Gasteiger partial charge in [-0.2, -0.15) is 0 Å². The van der Waals surface area contributed by atoms with Crippen molar-refractivity contribution in [1.82, 2.24) is 9.88 Å². The van der Waals surface area contributed by atoms with Crippen molar-refractivity contribution >= 4 is 15.9 Å². The third-order valence-electron chi connectivity index (χ3n) is 4.19. The highest BCUT2D eigenvalue weighted by molar-refractivity contribution is 9.10. The molecule has 4 heteroatoms. The minimum atomic E-state index is 0.641. The first-order chi connectivity index (χ1) is 9.24. The Morgan fingerprint density at radius 2 is 2.16 bits per heavy atom. The predicted octanol–water partition coefficient (Wildman–Crippen LogP) is 3.18. The number of halogens is 1. The Morgan fingerprint density at radius 1 is 1.37 bits per heavy atom. The van der Waals surface area contributed by atoms with Crippen LogP contribution in [0.25, 0.3) is 0 Å². The predicted molar refractivity (Wildman–Crippen MR) is 82.8 cm³/mol. The third-order valence-corrected chi connectivity index (χ3v) is 4.63. The molecule has 0 aromatic carbocycles. The van der Waals surface area contributed by atoms with E-state index < -0.39 is 0 Å². The zero-order chi connectivity index (χ0) is 13.7. The molecule has 0 amide bonds. The van der Waals surface area contributed by atoms with Crippen LogP contribution in [0.2, 0.25) is 0 Å². The summed E-state index contributed by atoms with van der Waals surface area (Å²) in [5.41, 5.74) is 7.23. The maximum atomic E-state index is 5.96. The monoisotopic (exact) mass is 325 g/mol. The van der Waals surface area contributed by atoms with Crippen LogP contribution >= 0.6 is 15.9 Å². The Labute approximate surface area is 124 Å². The molecule has 1 heterocycles. The van der Waals surface area contributed by atoms with Crippen molar-refractivity contribution in [3.63, 3.8) is 0 Å². The van der Waals surface area contributed by atoms with Crippen LogP contribution < -0.4 is 5.73 Å². The van der Waals surface area contributed by atoms with Crippen LogP contribution in [0.4, 0.5) is 0 Å². The van der Waals surface area contributed by atoms with E-state index in [1.807, 2.05) is 12.4 Å². The summed E-state index contributed by atoms with van der Waals surface area (Å²) in [6.45, 7) is 5.11. The Kier molecular flexibility index (Phi) is 5.79. The molecule has 0 bridgehead atoms. The molecule has 1 saturated carbocycles. The van der Waals surface area contributed by atoms with Gasteiger partial charge in [0.05, 0.1) is 0 Å². The van der Waals surface area contributed by atoms with Gasteiger partial charge >= 0.3 is 0 Å². The van der Waals surface area contributed by atoms with Gasteiger partial charge in [-0.05, 0) is 59.4 Å². The molecule has 3 nitrogen and oxygen atoms in total. The minimum Gasteiger partial charge on any atom is -0.330 e. The summed E-state index contributed by atoms with van der Waals surface area (Å²) >= 11 is 3.49. The van der Waals surface area contributed by atoms with Crippen LogP contribution in [-0.2, 0) is 6.54 Å². The molecule has 1 aromatic rings. The highest BCUT2D eigenvalue weighted by Gasteiger charge is 2.28. The second kappa shape index (κ2) is 7.36. The fraction of sp³-hybridized carbons (Fsp3) is 0.667. The van der Waals surface area contributed by atoms with Crippen molar-refractivity contribution in [2.24, 2.45) is 11.7 Å². The van der Waals surface area contributed by atoms with Crippen molar-refractivity contribution in [2.75, 3.05) is 13.1 Å². The number of aromatic nitrogens is 1. The van der Waals surface area contributed by atoms with Gasteiger partial charge in [-0.1, -0.05) is 19.8 Å². The molecule has 2 unspecified atom stereocenters. The van der Waals surface area contributed by atoms with Gasteiger partial charge < -0.3 is 5.73 Å². The van der Waals surface area contributed by atoms with E-state index in [0.717, 1.165) is 24.1 Å². The molecule has 0 aliphatic heterocycles. The Morgan fingerprint density at radius 3 is 2.84 bits per heavy atom. The molecule has 0 spiro atoms. The van der Waals surface area contributed by atoms with Crippen molar-refractivity contribution in [1.29, 1.82) is 0 Å². The normalized spacial score (nSPS) is 23.8. The molecule has 0 saturated heterocycles. The number of nitrogens with two attached hydrogens (primary N) is 1. The van der Waals surface area contributed by atoms with Gasteiger partial charge in [-0.3, -0.25) is 9.88 Å². The number of rotatable bonds is 5. The quantitative estimate of drug-likeness (QED) is 0.904. The molecule has 2 N–H and O–H groups in total. The highest BCUT2D eigenvalue weighted by Crippen LogP contribution is 2.29. The lowest BCUT2D eigenvalue weighted by Gasteiger charge is -2.39. The van der Waals surface area contributed by atoms with E-state index in [1.165, 1.54) is 31.2 Å². The standard InChI is InChI=1S/C15H24BrN3/c1-2-19(11-12-7-14(16)10-18-9-12)15-6-4-3-5-13(15)8-17/h7,9-10,13,15H,2-6,8,11,17H2,1H3. The number of nitrogens with zero attached hydrogens (tertiary/aromatic N) is 2. The molecule has 19 heavy (non-hydrogen) atoms. The molecule has 0 radical (unpaired) electrons. The summed E-state index contributed by atoms with van der Waals surface area (Å²) in [4.78, 5) is 6.83. The molecular weight excluding hydrogens is 302 g/mol. The van der Waals surface area contributed by atoms with E-state index >= 15 is 0 Å². The van der Waals surface area contributed by atoms with Gasteiger partial charge in [0.2, 0.25) is 0 Å². The molecule has 1 aliphatic rings. The summed E-state index contributed by atoms with van der Waals surface area (Å²) in [5, 5.41) is 0. The van der Waals surface area contributed by atoms with E-state index in [9.17, 15) is 0 Å². The fourth-order valence-corrected chi connectivity index (χ4v) is 3.60. The van der Waals surface area contributed by atoms with Crippen LogP contribution in [-0.4, -0.2) is 29.0 Å². The van der Waals surface area contributed by atoms with Crippen LogP contribution in [0.3, 0.4) is 0 Å². The molecule has 106 valence electrons. The molecule has 1 aliphatic carbocycles. The van der Waals surface area contributed by atoms with Crippen molar-refractivity contribution in [3.8, 4) is 0 Å². The molecule has 2 rings (SSSR count). The second-order valence-corrected chi connectivity index (χ2v) is 6.34. The maximum Gasteiger partial charge on any atom is 0.0410 e. The van der Waals surface area contributed by atoms with Crippen molar-refractivity contribution in [3.05, 3.63) is 28.5 Å². The van der Waals surface area contributed by atoms with Gasteiger partial charge in [0.1, 0.15) is 0 Å². The molecular formula is C15H24BrN3.